The van der Waals surface area contributed by atoms with E-state index in [4.69, 9.17) is 9.47 Å². The standard InChI is InChI=1S/C18H24FN3O3/c1-4-14-11-15(22(3)21-14)18(23)20-12-13-7-6-8-16(17(13)19)25-10-9-24-5-2/h6-8,11H,4-5,9-10,12H2,1-3H3,(H,20,23). The van der Waals surface area contributed by atoms with Crippen LogP contribution in [-0.4, -0.2) is 35.5 Å². The molecule has 0 aliphatic heterocycles. The molecule has 0 aliphatic carbocycles. The fourth-order valence-electron chi connectivity index (χ4n) is 2.34. The summed E-state index contributed by atoms with van der Waals surface area (Å²) in [6.45, 7) is 5.18. The zero-order valence-electron chi connectivity index (χ0n) is 14.8. The molecule has 7 heteroatoms. The molecule has 0 saturated carbocycles. The summed E-state index contributed by atoms with van der Waals surface area (Å²) in [5.74, 6) is -0.615. The fraction of sp³-hybridized carbons (Fsp3) is 0.444. The smallest absolute Gasteiger partial charge is 0.269 e. The maximum absolute atomic E-state index is 14.4. The fourth-order valence-corrected chi connectivity index (χ4v) is 2.34. The maximum atomic E-state index is 14.4. The van der Waals surface area contributed by atoms with E-state index in [2.05, 4.69) is 10.4 Å². The van der Waals surface area contributed by atoms with Crippen molar-refractivity contribution in [2.45, 2.75) is 26.8 Å². The molecule has 2 rings (SSSR count). The first-order valence-electron chi connectivity index (χ1n) is 8.35. The summed E-state index contributed by atoms with van der Waals surface area (Å²) >= 11 is 0. The molecule has 2 aromatic rings. The number of benzene rings is 1. The van der Waals surface area contributed by atoms with E-state index in [-0.39, 0.29) is 24.8 Å². The van der Waals surface area contributed by atoms with Gasteiger partial charge in [-0.05, 0) is 25.5 Å². The number of aryl methyl sites for hydroxylation is 2. The maximum Gasteiger partial charge on any atom is 0.269 e. The Morgan fingerprint density at radius 3 is 2.80 bits per heavy atom. The molecular weight excluding hydrogens is 325 g/mol. The van der Waals surface area contributed by atoms with Crippen molar-refractivity contribution in [3.05, 3.63) is 47.0 Å². The molecule has 1 heterocycles. The highest BCUT2D eigenvalue weighted by Crippen LogP contribution is 2.20. The third-order valence-electron chi connectivity index (χ3n) is 3.70. The minimum Gasteiger partial charge on any atom is -0.488 e. The van der Waals surface area contributed by atoms with E-state index in [0.717, 1.165) is 12.1 Å². The van der Waals surface area contributed by atoms with Gasteiger partial charge in [0.05, 0.1) is 12.3 Å². The molecule has 0 unspecified atom stereocenters. The van der Waals surface area contributed by atoms with E-state index in [1.807, 2.05) is 13.8 Å². The molecule has 136 valence electrons. The Morgan fingerprint density at radius 1 is 1.32 bits per heavy atom. The molecule has 1 aromatic heterocycles. The second-order valence-electron chi connectivity index (χ2n) is 5.46. The highest BCUT2D eigenvalue weighted by Gasteiger charge is 2.14. The average Bonchev–Trinajstić information content (AvgIpc) is 2.99. The van der Waals surface area contributed by atoms with Gasteiger partial charge in [0, 0.05) is 25.8 Å². The predicted octanol–water partition coefficient (Wildman–Crippen LogP) is 2.47. The second-order valence-corrected chi connectivity index (χ2v) is 5.46. The number of hydrogen-bond acceptors (Lipinski definition) is 4. The Balaban J connectivity index is 1.98. The highest BCUT2D eigenvalue weighted by atomic mass is 19.1. The summed E-state index contributed by atoms with van der Waals surface area (Å²) in [6.07, 6.45) is 0.747. The predicted molar refractivity (Wildman–Crippen MR) is 92.1 cm³/mol. The first kappa shape index (κ1) is 18.9. The van der Waals surface area contributed by atoms with E-state index in [1.54, 1.807) is 31.3 Å². The summed E-state index contributed by atoms with van der Waals surface area (Å²) in [7, 11) is 1.71. The number of rotatable bonds is 9. The third-order valence-corrected chi connectivity index (χ3v) is 3.70. The molecular formula is C18H24FN3O3. The van der Waals surface area contributed by atoms with Crippen LogP contribution in [0.5, 0.6) is 5.75 Å². The normalized spacial score (nSPS) is 10.7. The van der Waals surface area contributed by atoms with Crippen LogP contribution in [0.1, 0.15) is 35.6 Å². The lowest BCUT2D eigenvalue weighted by atomic mass is 10.2. The number of carbonyl (C=O) groups excluding carboxylic acids is 1. The number of nitrogens with one attached hydrogen (secondary N) is 1. The van der Waals surface area contributed by atoms with Gasteiger partial charge in [-0.2, -0.15) is 5.10 Å². The van der Waals surface area contributed by atoms with Crippen molar-refractivity contribution in [2.24, 2.45) is 7.05 Å². The molecule has 1 aromatic carbocycles. The van der Waals surface area contributed by atoms with Gasteiger partial charge in [-0.15, -0.1) is 0 Å². The van der Waals surface area contributed by atoms with E-state index < -0.39 is 5.82 Å². The van der Waals surface area contributed by atoms with Crippen LogP contribution in [0.25, 0.3) is 0 Å². The Morgan fingerprint density at radius 2 is 2.12 bits per heavy atom. The molecule has 0 fully saturated rings. The monoisotopic (exact) mass is 349 g/mol. The molecule has 1 amide bonds. The van der Waals surface area contributed by atoms with Crippen LogP contribution in [0, 0.1) is 5.82 Å². The lowest BCUT2D eigenvalue weighted by Crippen LogP contribution is -2.25. The zero-order valence-corrected chi connectivity index (χ0v) is 14.8. The van der Waals surface area contributed by atoms with Crippen LogP contribution in [0.4, 0.5) is 4.39 Å². The molecule has 0 spiro atoms. The molecule has 6 nitrogen and oxygen atoms in total. The number of amides is 1. The summed E-state index contributed by atoms with van der Waals surface area (Å²) in [5, 5.41) is 6.95. The van der Waals surface area contributed by atoms with Gasteiger partial charge in [0.1, 0.15) is 12.3 Å². The minimum absolute atomic E-state index is 0.0694. The van der Waals surface area contributed by atoms with E-state index in [0.29, 0.717) is 24.5 Å². The van der Waals surface area contributed by atoms with Crippen LogP contribution in [-0.2, 0) is 24.8 Å². The number of halogens is 1. The van der Waals surface area contributed by atoms with Gasteiger partial charge in [0.2, 0.25) is 0 Å². The van der Waals surface area contributed by atoms with E-state index in [1.165, 1.54) is 4.68 Å². The Bertz CT molecular complexity index is 716. The SMILES string of the molecule is CCOCCOc1cccc(CNC(=O)c2cc(CC)nn2C)c1F. The Kier molecular flexibility index (Phi) is 6.94. The van der Waals surface area contributed by atoms with Crippen LogP contribution < -0.4 is 10.1 Å². The number of aromatic nitrogens is 2. The molecule has 1 N–H and O–H groups in total. The van der Waals surface area contributed by atoms with Crippen LogP contribution in [0.3, 0.4) is 0 Å². The first-order chi connectivity index (χ1) is 12.1. The van der Waals surface area contributed by atoms with Crippen molar-refractivity contribution in [2.75, 3.05) is 19.8 Å². The summed E-state index contributed by atoms with van der Waals surface area (Å²) in [5.41, 5.74) is 1.64. The van der Waals surface area contributed by atoms with Crippen LogP contribution >= 0.6 is 0 Å². The van der Waals surface area contributed by atoms with Gasteiger partial charge in [0.25, 0.3) is 5.91 Å². The topological polar surface area (TPSA) is 65.4 Å². The molecule has 0 aliphatic rings. The van der Waals surface area contributed by atoms with Gasteiger partial charge in [-0.25, -0.2) is 4.39 Å². The quantitative estimate of drug-likeness (QED) is 0.707. The summed E-state index contributed by atoms with van der Waals surface area (Å²) in [4.78, 5) is 12.3. The lowest BCUT2D eigenvalue weighted by molar-refractivity contribution is 0.0941. The Hall–Kier alpha value is -2.41. The molecule has 0 radical (unpaired) electrons. The molecule has 0 saturated heterocycles. The lowest BCUT2D eigenvalue weighted by Gasteiger charge is -2.11. The number of ether oxygens (including phenoxy) is 2. The van der Waals surface area contributed by atoms with Crippen molar-refractivity contribution < 1.29 is 18.7 Å². The van der Waals surface area contributed by atoms with Crippen molar-refractivity contribution in [3.8, 4) is 5.75 Å². The number of carbonyl (C=O) groups is 1. The van der Waals surface area contributed by atoms with Gasteiger partial charge in [-0.3, -0.25) is 9.48 Å². The van der Waals surface area contributed by atoms with Gasteiger partial charge in [-0.1, -0.05) is 19.1 Å². The zero-order chi connectivity index (χ0) is 18.2. The minimum atomic E-state index is -0.474. The number of nitrogens with zero attached hydrogens (tertiary/aromatic N) is 2. The van der Waals surface area contributed by atoms with Gasteiger partial charge in [0.15, 0.2) is 11.6 Å². The van der Waals surface area contributed by atoms with Crippen molar-refractivity contribution in [3.63, 3.8) is 0 Å². The first-order valence-corrected chi connectivity index (χ1v) is 8.35. The second kappa shape index (κ2) is 9.17. The largest absolute Gasteiger partial charge is 0.488 e. The summed E-state index contributed by atoms with van der Waals surface area (Å²) in [6, 6.07) is 6.60. The van der Waals surface area contributed by atoms with Crippen molar-refractivity contribution >= 4 is 5.91 Å². The van der Waals surface area contributed by atoms with Crippen LogP contribution in [0.2, 0.25) is 0 Å². The third kappa shape index (κ3) is 5.03. The Labute approximate surface area is 146 Å². The van der Waals surface area contributed by atoms with Crippen molar-refractivity contribution in [1.82, 2.24) is 15.1 Å². The highest BCUT2D eigenvalue weighted by molar-refractivity contribution is 5.92. The molecule has 0 bridgehead atoms. The molecule has 0 atom stereocenters. The van der Waals surface area contributed by atoms with Gasteiger partial charge < -0.3 is 14.8 Å². The number of hydrogen-bond donors (Lipinski definition) is 1. The molecule has 25 heavy (non-hydrogen) atoms. The average molecular weight is 349 g/mol. The summed E-state index contributed by atoms with van der Waals surface area (Å²) < 4.78 is 26.5. The van der Waals surface area contributed by atoms with E-state index >= 15 is 0 Å². The van der Waals surface area contributed by atoms with Crippen molar-refractivity contribution in [1.29, 1.82) is 0 Å². The van der Waals surface area contributed by atoms with E-state index in [9.17, 15) is 9.18 Å². The van der Waals surface area contributed by atoms with Gasteiger partial charge >= 0.3 is 0 Å². The van der Waals surface area contributed by atoms with Crippen LogP contribution in [0.15, 0.2) is 24.3 Å².